The first kappa shape index (κ1) is 10.2. The van der Waals surface area contributed by atoms with Crippen LogP contribution in [0.15, 0.2) is 12.3 Å². The van der Waals surface area contributed by atoms with Gasteiger partial charge in [-0.05, 0) is 19.0 Å². The zero-order chi connectivity index (χ0) is 9.52. The second-order valence-corrected chi connectivity index (χ2v) is 2.93. The number of hydrogen-bond acceptors (Lipinski definition) is 3. The van der Waals surface area contributed by atoms with Gasteiger partial charge in [0.25, 0.3) is 0 Å². The van der Waals surface area contributed by atoms with Crippen LogP contribution in [0.1, 0.15) is 12.1 Å². The topological polar surface area (TPSA) is 53.1 Å². The first-order valence-electron chi connectivity index (χ1n) is 4.58. The smallest absolute Gasteiger partial charge is 0.0492 e. The van der Waals surface area contributed by atoms with E-state index in [9.17, 15) is 0 Å². The molecule has 13 heavy (non-hydrogen) atoms. The van der Waals surface area contributed by atoms with E-state index in [4.69, 9.17) is 10.5 Å². The van der Waals surface area contributed by atoms with E-state index in [2.05, 4.69) is 5.10 Å². The van der Waals surface area contributed by atoms with Crippen LogP contribution < -0.4 is 5.73 Å². The molecule has 0 aliphatic carbocycles. The van der Waals surface area contributed by atoms with E-state index in [1.807, 2.05) is 16.9 Å². The monoisotopic (exact) mass is 183 g/mol. The number of nitrogens with two attached hydrogens (primary N) is 1. The molecule has 0 aromatic carbocycles. The lowest BCUT2D eigenvalue weighted by Crippen LogP contribution is -2.11. The van der Waals surface area contributed by atoms with Crippen molar-refractivity contribution >= 4 is 0 Å². The Kier molecular flexibility index (Phi) is 4.49. The molecule has 0 spiro atoms. The van der Waals surface area contributed by atoms with E-state index in [1.165, 1.54) is 5.69 Å². The Morgan fingerprint density at radius 3 is 3.15 bits per heavy atom. The molecule has 74 valence electrons. The first-order valence-corrected chi connectivity index (χ1v) is 4.58. The average molecular weight is 183 g/mol. The summed E-state index contributed by atoms with van der Waals surface area (Å²) < 4.78 is 6.97. The van der Waals surface area contributed by atoms with Crippen molar-refractivity contribution in [2.24, 2.45) is 5.73 Å². The molecule has 0 saturated carbocycles. The van der Waals surface area contributed by atoms with Crippen LogP contribution in [0.25, 0.3) is 0 Å². The molecule has 0 radical (unpaired) electrons. The standard InChI is InChI=1S/C9H17N3O/c1-13-8-2-7-12-9(3-5-10)4-6-11-12/h4,6H,2-3,5,7-8,10H2,1H3. The van der Waals surface area contributed by atoms with Gasteiger partial charge in [0, 0.05) is 38.6 Å². The maximum absolute atomic E-state index is 5.48. The number of rotatable bonds is 6. The first-order chi connectivity index (χ1) is 6.38. The van der Waals surface area contributed by atoms with E-state index >= 15 is 0 Å². The van der Waals surface area contributed by atoms with E-state index in [0.717, 1.165) is 26.0 Å². The summed E-state index contributed by atoms with van der Waals surface area (Å²) >= 11 is 0. The quantitative estimate of drug-likeness (QED) is 0.650. The van der Waals surface area contributed by atoms with Crippen molar-refractivity contribution in [3.63, 3.8) is 0 Å². The average Bonchev–Trinajstić information content (AvgIpc) is 2.54. The van der Waals surface area contributed by atoms with Crippen molar-refractivity contribution < 1.29 is 4.74 Å². The van der Waals surface area contributed by atoms with Gasteiger partial charge < -0.3 is 10.5 Å². The van der Waals surface area contributed by atoms with Gasteiger partial charge in [-0.15, -0.1) is 0 Å². The number of aromatic nitrogens is 2. The van der Waals surface area contributed by atoms with Crippen molar-refractivity contribution in [2.75, 3.05) is 20.3 Å². The summed E-state index contributed by atoms with van der Waals surface area (Å²) in [6, 6.07) is 2.01. The molecule has 0 atom stereocenters. The molecule has 1 rings (SSSR count). The van der Waals surface area contributed by atoms with Gasteiger partial charge >= 0.3 is 0 Å². The lowest BCUT2D eigenvalue weighted by Gasteiger charge is -2.05. The highest BCUT2D eigenvalue weighted by Gasteiger charge is 1.99. The Balaban J connectivity index is 2.40. The van der Waals surface area contributed by atoms with Gasteiger partial charge in [-0.1, -0.05) is 0 Å². The summed E-state index contributed by atoms with van der Waals surface area (Å²) in [5.41, 5.74) is 6.68. The minimum atomic E-state index is 0.677. The number of methoxy groups -OCH3 is 1. The van der Waals surface area contributed by atoms with E-state index in [0.29, 0.717) is 6.54 Å². The van der Waals surface area contributed by atoms with Crippen molar-refractivity contribution in [1.29, 1.82) is 0 Å². The molecule has 1 heterocycles. The number of hydrogen-bond donors (Lipinski definition) is 1. The van der Waals surface area contributed by atoms with Gasteiger partial charge in [0.2, 0.25) is 0 Å². The van der Waals surface area contributed by atoms with Crippen molar-refractivity contribution in [1.82, 2.24) is 9.78 Å². The molecule has 1 aromatic heterocycles. The summed E-state index contributed by atoms with van der Waals surface area (Å²) in [6.45, 7) is 2.37. The fourth-order valence-corrected chi connectivity index (χ4v) is 1.28. The summed E-state index contributed by atoms with van der Waals surface area (Å²) in [5, 5.41) is 4.21. The van der Waals surface area contributed by atoms with Gasteiger partial charge in [-0.2, -0.15) is 5.10 Å². The third-order valence-electron chi connectivity index (χ3n) is 1.92. The largest absolute Gasteiger partial charge is 0.385 e. The Morgan fingerprint density at radius 2 is 2.46 bits per heavy atom. The fraction of sp³-hybridized carbons (Fsp3) is 0.667. The summed E-state index contributed by atoms with van der Waals surface area (Å²) in [7, 11) is 1.71. The minimum Gasteiger partial charge on any atom is -0.385 e. The highest BCUT2D eigenvalue weighted by Crippen LogP contribution is 2.00. The molecule has 0 bridgehead atoms. The third kappa shape index (κ3) is 3.16. The minimum absolute atomic E-state index is 0.677. The van der Waals surface area contributed by atoms with Crippen LogP contribution in [0.4, 0.5) is 0 Å². The van der Waals surface area contributed by atoms with Crippen molar-refractivity contribution in [3.05, 3.63) is 18.0 Å². The Hall–Kier alpha value is -0.870. The summed E-state index contributed by atoms with van der Waals surface area (Å²) in [4.78, 5) is 0. The number of aryl methyl sites for hydroxylation is 1. The highest BCUT2D eigenvalue weighted by molar-refractivity contribution is 5.00. The van der Waals surface area contributed by atoms with E-state index in [-0.39, 0.29) is 0 Å². The molecule has 0 fully saturated rings. The maximum atomic E-state index is 5.48. The zero-order valence-corrected chi connectivity index (χ0v) is 8.07. The molecule has 0 amide bonds. The molecule has 0 unspecified atom stereocenters. The van der Waals surface area contributed by atoms with Crippen LogP contribution in [0, 0.1) is 0 Å². The SMILES string of the molecule is COCCCn1nccc1CCN. The predicted octanol–water partition coefficient (Wildman–Crippen LogP) is 0.421. The molecule has 0 aliphatic rings. The van der Waals surface area contributed by atoms with Gasteiger partial charge in [0.1, 0.15) is 0 Å². The summed E-state index contributed by atoms with van der Waals surface area (Å²) in [6.07, 6.45) is 3.71. The molecular weight excluding hydrogens is 166 g/mol. The molecule has 4 heteroatoms. The van der Waals surface area contributed by atoms with Gasteiger partial charge in [0.15, 0.2) is 0 Å². The van der Waals surface area contributed by atoms with Crippen molar-refractivity contribution in [2.45, 2.75) is 19.4 Å². The number of ether oxygens (including phenoxy) is 1. The van der Waals surface area contributed by atoms with Gasteiger partial charge in [-0.3, -0.25) is 4.68 Å². The second kappa shape index (κ2) is 5.72. The van der Waals surface area contributed by atoms with Gasteiger partial charge in [0.05, 0.1) is 0 Å². The highest BCUT2D eigenvalue weighted by atomic mass is 16.5. The lowest BCUT2D eigenvalue weighted by molar-refractivity contribution is 0.188. The summed E-state index contributed by atoms with van der Waals surface area (Å²) in [5.74, 6) is 0. The lowest BCUT2D eigenvalue weighted by atomic mass is 10.3. The van der Waals surface area contributed by atoms with E-state index < -0.39 is 0 Å². The van der Waals surface area contributed by atoms with Crippen LogP contribution in [-0.2, 0) is 17.7 Å². The van der Waals surface area contributed by atoms with Crippen LogP contribution in [-0.4, -0.2) is 30.0 Å². The van der Waals surface area contributed by atoms with Crippen LogP contribution >= 0.6 is 0 Å². The fourth-order valence-electron chi connectivity index (χ4n) is 1.28. The normalized spacial score (nSPS) is 10.6. The third-order valence-corrected chi connectivity index (χ3v) is 1.92. The molecule has 4 nitrogen and oxygen atoms in total. The van der Waals surface area contributed by atoms with E-state index in [1.54, 1.807) is 7.11 Å². The Labute approximate surface area is 78.7 Å². The zero-order valence-electron chi connectivity index (χ0n) is 8.07. The van der Waals surface area contributed by atoms with Crippen LogP contribution in [0.5, 0.6) is 0 Å². The van der Waals surface area contributed by atoms with Crippen molar-refractivity contribution in [3.8, 4) is 0 Å². The molecule has 1 aromatic rings. The molecule has 2 N–H and O–H groups in total. The Morgan fingerprint density at radius 1 is 1.62 bits per heavy atom. The maximum Gasteiger partial charge on any atom is 0.0492 e. The number of nitrogens with zero attached hydrogens (tertiary/aromatic N) is 2. The Bertz CT molecular complexity index is 235. The molecule has 0 saturated heterocycles. The van der Waals surface area contributed by atoms with Gasteiger partial charge in [-0.25, -0.2) is 0 Å². The van der Waals surface area contributed by atoms with Crippen LogP contribution in [0.2, 0.25) is 0 Å². The van der Waals surface area contributed by atoms with Crippen LogP contribution in [0.3, 0.4) is 0 Å². The molecule has 0 aliphatic heterocycles. The predicted molar refractivity (Wildman–Crippen MR) is 51.5 cm³/mol. The molecular formula is C9H17N3O. The second-order valence-electron chi connectivity index (χ2n) is 2.93.